The van der Waals surface area contributed by atoms with Crippen LogP contribution in [0.2, 0.25) is 0 Å². The van der Waals surface area contributed by atoms with Gasteiger partial charge in [0.25, 0.3) is 0 Å². The Kier molecular flexibility index (Phi) is 5.97. The van der Waals surface area contributed by atoms with Gasteiger partial charge in [0.15, 0.2) is 17.3 Å². The molecule has 0 bridgehead atoms. The number of hydrogen-bond donors (Lipinski definition) is 0. The first kappa shape index (κ1) is 22.2. The number of ether oxygens (including phenoxy) is 4. The van der Waals surface area contributed by atoms with Gasteiger partial charge in [-0.05, 0) is 60.2 Å². The molecule has 0 spiro atoms. The van der Waals surface area contributed by atoms with Gasteiger partial charge in [0, 0.05) is 6.07 Å². The number of hydrogen-bond acceptors (Lipinski definition) is 8. The minimum atomic E-state index is -4.08. The summed E-state index contributed by atoms with van der Waals surface area (Å²) in [5, 5.41) is 0. The van der Waals surface area contributed by atoms with E-state index >= 15 is 0 Å². The molecule has 0 saturated carbocycles. The van der Waals surface area contributed by atoms with Gasteiger partial charge in [0.1, 0.15) is 22.1 Å². The zero-order valence-corrected chi connectivity index (χ0v) is 18.8. The van der Waals surface area contributed by atoms with Gasteiger partial charge < -0.3 is 23.1 Å². The molecule has 8 nitrogen and oxygen atoms in total. The highest BCUT2D eigenvalue weighted by atomic mass is 32.2. The second-order valence-corrected chi connectivity index (χ2v) is 8.47. The van der Waals surface area contributed by atoms with E-state index in [2.05, 4.69) is 0 Å². The van der Waals surface area contributed by atoms with Crippen LogP contribution in [0, 0.1) is 0 Å². The van der Waals surface area contributed by atoms with Gasteiger partial charge in [-0.1, -0.05) is 6.07 Å². The van der Waals surface area contributed by atoms with E-state index in [1.54, 1.807) is 24.3 Å². The number of methoxy groups -OCH3 is 3. The Morgan fingerprint density at radius 3 is 2.15 bits per heavy atom. The summed E-state index contributed by atoms with van der Waals surface area (Å²) in [7, 11) is 0.453. The summed E-state index contributed by atoms with van der Waals surface area (Å²) in [6.45, 7) is 0. The third-order valence-electron chi connectivity index (χ3n) is 4.90. The fourth-order valence-electron chi connectivity index (χ4n) is 3.23. The SMILES string of the molecule is COc1ccc(S(=O)(=O)Oc2ccc3c(c2)O/C(=C\c2ccc(OC)c(OC)c2)C3=O)cc1. The molecule has 0 fully saturated rings. The van der Waals surface area contributed by atoms with Crippen molar-refractivity contribution in [3.05, 3.63) is 77.5 Å². The van der Waals surface area contributed by atoms with Crippen LogP contribution in [0.25, 0.3) is 6.08 Å². The summed E-state index contributed by atoms with van der Waals surface area (Å²) < 4.78 is 51.6. The van der Waals surface area contributed by atoms with Crippen LogP contribution in [0.5, 0.6) is 28.7 Å². The maximum Gasteiger partial charge on any atom is 0.339 e. The lowest BCUT2D eigenvalue weighted by Crippen LogP contribution is -2.09. The summed E-state index contributed by atoms with van der Waals surface area (Å²) in [5.41, 5.74) is 0.971. The van der Waals surface area contributed by atoms with E-state index in [0.717, 1.165) is 0 Å². The van der Waals surface area contributed by atoms with Crippen molar-refractivity contribution < 1.29 is 36.3 Å². The molecule has 3 aromatic rings. The van der Waals surface area contributed by atoms with Crippen molar-refractivity contribution in [1.82, 2.24) is 0 Å². The fraction of sp³-hybridized carbons (Fsp3) is 0.125. The minimum Gasteiger partial charge on any atom is -0.497 e. The Balaban J connectivity index is 1.57. The molecule has 0 unspecified atom stereocenters. The Morgan fingerprint density at radius 2 is 1.48 bits per heavy atom. The molecule has 1 aliphatic rings. The summed E-state index contributed by atoms with van der Waals surface area (Å²) in [4.78, 5) is 12.7. The van der Waals surface area contributed by atoms with E-state index in [9.17, 15) is 13.2 Å². The number of rotatable bonds is 7. The van der Waals surface area contributed by atoms with Crippen LogP contribution in [-0.2, 0) is 10.1 Å². The Labute approximate surface area is 191 Å². The smallest absolute Gasteiger partial charge is 0.339 e. The zero-order valence-electron chi connectivity index (χ0n) is 18.0. The highest BCUT2D eigenvalue weighted by molar-refractivity contribution is 7.87. The minimum absolute atomic E-state index is 0.0183. The van der Waals surface area contributed by atoms with E-state index in [0.29, 0.717) is 28.4 Å². The molecule has 0 aliphatic carbocycles. The normalized spacial score (nSPS) is 13.9. The van der Waals surface area contributed by atoms with Gasteiger partial charge >= 0.3 is 10.1 Å². The lowest BCUT2D eigenvalue weighted by Gasteiger charge is -2.08. The second-order valence-electron chi connectivity index (χ2n) is 6.93. The average Bonchev–Trinajstić information content (AvgIpc) is 3.13. The largest absolute Gasteiger partial charge is 0.497 e. The number of benzene rings is 3. The first-order valence-electron chi connectivity index (χ1n) is 9.73. The average molecular weight is 468 g/mol. The molecule has 0 N–H and O–H groups in total. The number of carbonyl (C=O) groups is 1. The number of carbonyl (C=O) groups excluding carboxylic acids is 1. The van der Waals surface area contributed by atoms with E-state index in [-0.39, 0.29) is 27.9 Å². The lowest BCUT2D eigenvalue weighted by atomic mass is 10.1. The molecule has 9 heteroatoms. The van der Waals surface area contributed by atoms with Crippen molar-refractivity contribution in [1.29, 1.82) is 0 Å². The third kappa shape index (κ3) is 4.49. The molecule has 1 aliphatic heterocycles. The predicted octanol–water partition coefficient (Wildman–Crippen LogP) is 4.10. The van der Waals surface area contributed by atoms with Crippen LogP contribution in [0.3, 0.4) is 0 Å². The summed E-state index contributed by atoms with van der Waals surface area (Å²) in [5.74, 6) is 1.57. The van der Waals surface area contributed by atoms with Crippen molar-refractivity contribution in [3.63, 3.8) is 0 Å². The van der Waals surface area contributed by atoms with Gasteiger partial charge in [0.2, 0.25) is 5.78 Å². The maximum absolute atomic E-state index is 12.7. The van der Waals surface area contributed by atoms with Gasteiger partial charge in [-0.15, -0.1) is 0 Å². The van der Waals surface area contributed by atoms with Crippen molar-refractivity contribution in [2.24, 2.45) is 0 Å². The Morgan fingerprint density at radius 1 is 0.788 bits per heavy atom. The Hall–Kier alpha value is -3.98. The summed E-state index contributed by atoms with van der Waals surface area (Å²) in [6, 6.07) is 15.2. The standard InChI is InChI=1S/C24H20O8S/c1-28-16-5-8-18(9-6-16)33(26,27)32-17-7-10-19-21(14-17)31-23(24(19)25)13-15-4-11-20(29-2)22(12-15)30-3/h4-14H,1-3H3/b23-13-. The lowest BCUT2D eigenvalue weighted by molar-refractivity contribution is 0.101. The van der Waals surface area contributed by atoms with Crippen LogP contribution in [0.1, 0.15) is 15.9 Å². The fourth-order valence-corrected chi connectivity index (χ4v) is 4.15. The number of fused-ring (bicyclic) bond motifs is 1. The van der Waals surface area contributed by atoms with Crippen LogP contribution in [-0.4, -0.2) is 35.5 Å². The molecular formula is C24H20O8S. The molecule has 0 aromatic heterocycles. The van der Waals surface area contributed by atoms with E-state index in [1.165, 1.54) is 63.8 Å². The molecular weight excluding hydrogens is 448 g/mol. The van der Waals surface area contributed by atoms with Crippen molar-refractivity contribution in [2.45, 2.75) is 4.90 Å². The Bertz CT molecular complexity index is 1340. The number of Topliss-reactive ketones (excluding diaryl/α,β-unsaturated/α-hetero) is 1. The van der Waals surface area contributed by atoms with Gasteiger partial charge in [-0.25, -0.2) is 0 Å². The molecule has 0 amide bonds. The van der Waals surface area contributed by atoms with Crippen molar-refractivity contribution in [2.75, 3.05) is 21.3 Å². The predicted molar refractivity (Wildman–Crippen MR) is 120 cm³/mol. The molecule has 0 saturated heterocycles. The maximum atomic E-state index is 12.7. The van der Waals surface area contributed by atoms with Crippen molar-refractivity contribution >= 4 is 22.0 Å². The van der Waals surface area contributed by atoms with Crippen LogP contribution < -0.4 is 23.1 Å². The van der Waals surface area contributed by atoms with Crippen LogP contribution in [0.4, 0.5) is 0 Å². The first-order chi connectivity index (χ1) is 15.8. The molecule has 3 aromatic carbocycles. The quantitative estimate of drug-likeness (QED) is 0.378. The van der Waals surface area contributed by atoms with Gasteiger partial charge in [-0.3, -0.25) is 4.79 Å². The molecule has 33 heavy (non-hydrogen) atoms. The highest BCUT2D eigenvalue weighted by Crippen LogP contribution is 2.36. The first-order valence-corrected chi connectivity index (χ1v) is 11.1. The monoisotopic (exact) mass is 468 g/mol. The van der Waals surface area contributed by atoms with Crippen LogP contribution >= 0.6 is 0 Å². The van der Waals surface area contributed by atoms with E-state index < -0.39 is 10.1 Å². The summed E-state index contributed by atoms with van der Waals surface area (Å²) in [6.07, 6.45) is 1.57. The van der Waals surface area contributed by atoms with Crippen molar-refractivity contribution in [3.8, 4) is 28.7 Å². The summed E-state index contributed by atoms with van der Waals surface area (Å²) >= 11 is 0. The molecule has 0 atom stereocenters. The molecule has 0 radical (unpaired) electrons. The topological polar surface area (TPSA) is 97.4 Å². The zero-order chi connectivity index (χ0) is 23.6. The molecule has 1 heterocycles. The van der Waals surface area contributed by atoms with E-state index in [4.69, 9.17) is 23.1 Å². The number of allylic oxidation sites excluding steroid dienone is 1. The van der Waals surface area contributed by atoms with Gasteiger partial charge in [-0.2, -0.15) is 8.42 Å². The third-order valence-corrected chi connectivity index (χ3v) is 6.16. The molecule has 4 rings (SSSR count). The second kappa shape index (κ2) is 8.87. The number of ketones is 1. The van der Waals surface area contributed by atoms with Gasteiger partial charge in [0.05, 0.1) is 26.9 Å². The highest BCUT2D eigenvalue weighted by Gasteiger charge is 2.29. The molecule has 170 valence electrons. The van der Waals surface area contributed by atoms with E-state index in [1.807, 2.05) is 0 Å². The van der Waals surface area contributed by atoms with Crippen LogP contribution in [0.15, 0.2) is 71.3 Å².